The molecule has 0 saturated heterocycles. The Morgan fingerprint density at radius 3 is 2.70 bits per heavy atom. The first-order chi connectivity index (χ1) is 9.81. The van der Waals surface area contributed by atoms with Crippen molar-refractivity contribution in [3.8, 4) is 0 Å². The largest absolute Gasteiger partial charge is 0.411 e. The summed E-state index contributed by atoms with van der Waals surface area (Å²) in [6.45, 7) is 0.714. The van der Waals surface area contributed by atoms with Crippen LogP contribution in [0.5, 0.6) is 0 Å². The molecule has 106 valence electrons. The van der Waals surface area contributed by atoms with Gasteiger partial charge in [-0.2, -0.15) is 0 Å². The van der Waals surface area contributed by atoms with Crippen molar-refractivity contribution in [3.05, 3.63) is 29.8 Å². The van der Waals surface area contributed by atoms with Gasteiger partial charge in [0.05, 0.1) is 11.4 Å². The highest BCUT2D eigenvalue weighted by atomic mass is 16.4. The summed E-state index contributed by atoms with van der Waals surface area (Å²) in [5.41, 5.74) is 2.47. The maximum Gasteiger partial charge on any atom is 0.230 e. The molecule has 1 fully saturated rings. The van der Waals surface area contributed by atoms with E-state index >= 15 is 0 Å². The van der Waals surface area contributed by atoms with Crippen LogP contribution >= 0.6 is 0 Å². The zero-order valence-electron chi connectivity index (χ0n) is 11.6. The van der Waals surface area contributed by atoms with Crippen molar-refractivity contribution in [3.63, 3.8) is 0 Å². The lowest BCUT2D eigenvalue weighted by Gasteiger charge is -2.25. The first-order valence-electron chi connectivity index (χ1n) is 7.43. The van der Waals surface area contributed by atoms with Gasteiger partial charge < -0.3 is 10.1 Å². The average Bonchev–Trinajstić information content (AvgIpc) is 2.95. The van der Waals surface area contributed by atoms with Gasteiger partial charge in [-0.05, 0) is 31.7 Å². The van der Waals surface area contributed by atoms with Gasteiger partial charge in [-0.15, -0.1) is 0 Å². The number of para-hydroxylation sites is 1. The van der Waals surface area contributed by atoms with E-state index in [4.69, 9.17) is 0 Å². The number of anilines is 1. The molecule has 4 nitrogen and oxygen atoms in total. The van der Waals surface area contributed by atoms with Crippen molar-refractivity contribution in [1.82, 2.24) is 0 Å². The third kappa shape index (κ3) is 2.30. The third-order valence-corrected chi connectivity index (χ3v) is 4.39. The number of hydrogen-bond acceptors (Lipinski definition) is 3. The molecule has 0 aromatic heterocycles. The Morgan fingerprint density at radius 1 is 1.20 bits per heavy atom. The summed E-state index contributed by atoms with van der Waals surface area (Å²) in [5.74, 6) is 0.421. The zero-order chi connectivity index (χ0) is 13.9. The normalized spacial score (nSPS) is 21.8. The van der Waals surface area contributed by atoms with E-state index in [1.54, 1.807) is 0 Å². The van der Waals surface area contributed by atoms with E-state index in [1.165, 1.54) is 0 Å². The second-order valence-corrected chi connectivity index (χ2v) is 5.64. The summed E-state index contributed by atoms with van der Waals surface area (Å²) in [6, 6.07) is 7.75. The second-order valence-electron chi connectivity index (χ2n) is 5.64. The van der Waals surface area contributed by atoms with Gasteiger partial charge in [0.1, 0.15) is 0 Å². The predicted molar refractivity (Wildman–Crippen MR) is 78.3 cm³/mol. The smallest absolute Gasteiger partial charge is 0.230 e. The van der Waals surface area contributed by atoms with E-state index in [0.717, 1.165) is 43.4 Å². The van der Waals surface area contributed by atoms with E-state index < -0.39 is 0 Å². The number of amides is 1. The fourth-order valence-corrected chi connectivity index (χ4v) is 3.34. The molecule has 1 saturated carbocycles. The van der Waals surface area contributed by atoms with Crippen LogP contribution in [0.4, 0.5) is 5.69 Å². The molecule has 4 heteroatoms. The topological polar surface area (TPSA) is 52.9 Å². The number of carbonyl (C=O) groups excluding carboxylic acids is 1. The maximum atomic E-state index is 12.7. The number of hydrogen-bond donors (Lipinski definition) is 1. The SMILES string of the molecule is O=C(C1CCCC1)N1CCC/C(=N/O)c2ccccc21. The van der Waals surface area contributed by atoms with Crippen LogP contribution in [-0.2, 0) is 4.79 Å². The van der Waals surface area contributed by atoms with Crippen LogP contribution in [0.15, 0.2) is 29.4 Å². The molecule has 1 amide bonds. The number of rotatable bonds is 1. The molecule has 20 heavy (non-hydrogen) atoms. The predicted octanol–water partition coefficient (Wildman–Crippen LogP) is 3.18. The molecule has 0 atom stereocenters. The van der Waals surface area contributed by atoms with Crippen LogP contribution in [0, 0.1) is 5.92 Å². The molecule has 0 spiro atoms. The van der Waals surface area contributed by atoms with Crippen molar-refractivity contribution < 1.29 is 10.0 Å². The van der Waals surface area contributed by atoms with Gasteiger partial charge in [0.25, 0.3) is 0 Å². The Morgan fingerprint density at radius 2 is 1.95 bits per heavy atom. The molecule has 0 bridgehead atoms. The molecule has 3 rings (SSSR count). The molecule has 1 aromatic rings. The minimum absolute atomic E-state index is 0.177. The lowest BCUT2D eigenvalue weighted by atomic mass is 10.0. The van der Waals surface area contributed by atoms with Crippen molar-refractivity contribution in [2.45, 2.75) is 38.5 Å². The monoisotopic (exact) mass is 272 g/mol. The van der Waals surface area contributed by atoms with Gasteiger partial charge in [0.2, 0.25) is 5.91 Å². The first-order valence-corrected chi connectivity index (χ1v) is 7.43. The fourth-order valence-electron chi connectivity index (χ4n) is 3.34. The van der Waals surface area contributed by atoms with Crippen LogP contribution in [0.2, 0.25) is 0 Å². The van der Waals surface area contributed by atoms with Crippen molar-refractivity contribution in [2.24, 2.45) is 11.1 Å². The van der Waals surface area contributed by atoms with E-state index in [9.17, 15) is 10.0 Å². The molecule has 1 aromatic carbocycles. The van der Waals surface area contributed by atoms with Gasteiger partial charge in [0.15, 0.2) is 0 Å². The molecule has 1 heterocycles. The lowest BCUT2D eigenvalue weighted by molar-refractivity contribution is -0.122. The van der Waals surface area contributed by atoms with E-state index in [2.05, 4.69) is 5.16 Å². The third-order valence-electron chi connectivity index (χ3n) is 4.39. The zero-order valence-corrected chi connectivity index (χ0v) is 11.6. The molecular weight excluding hydrogens is 252 g/mol. The van der Waals surface area contributed by atoms with E-state index in [-0.39, 0.29) is 11.8 Å². The van der Waals surface area contributed by atoms with Crippen LogP contribution in [0.1, 0.15) is 44.1 Å². The highest BCUT2D eigenvalue weighted by molar-refractivity contribution is 6.09. The number of oxime groups is 1. The van der Waals surface area contributed by atoms with Gasteiger partial charge in [-0.25, -0.2) is 0 Å². The Bertz CT molecular complexity index is 533. The fraction of sp³-hybridized carbons (Fsp3) is 0.500. The quantitative estimate of drug-likeness (QED) is 0.630. The summed E-state index contributed by atoms with van der Waals surface area (Å²) in [7, 11) is 0. The highest BCUT2D eigenvalue weighted by Crippen LogP contribution is 2.32. The molecule has 0 unspecified atom stereocenters. The number of fused-ring (bicyclic) bond motifs is 1. The van der Waals surface area contributed by atoms with Gasteiger partial charge in [-0.3, -0.25) is 4.79 Å². The molecule has 1 aliphatic carbocycles. The minimum atomic E-state index is 0.177. The average molecular weight is 272 g/mol. The van der Waals surface area contributed by atoms with E-state index in [1.807, 2.05) is 29.2 Å². The molecule has 1 N–H and O–H groups in total. The number of benzene rings is 1. The van der Waals surface area contributed by atoms with Gasteiger partial charge in [0, 0.05) is 18.0 Å². The first kappa shape index (κ1) is 13.2. The number of nitrogens with zero attached hydrogens (tertiary/aromatic N) is 2. The van der Waals surface area contributed by atoms with Crippen LogP contribution in [0.3, 0.4) is 0 Å². The molecule has 1 aliphatic heterocycles. The Labute approximate surface area is 119 Å². The second kappa shape index (κ2) is 5.65. The van der Waals surface area contributed by atoms with E-state index in [0.29, 0.717) is 18.7 Å². The Balaban J connectivity index is 1.96. The van der Waals surface area contributed by atoms with Crippen molar-refractivity contribution in [1.29, 1.82) is 0 Å². The van der Waals surface area contributed by atoms with Crippen LogP contribution in [-0.4, -0.2) is 23.4 Å². The summed E-state index contributed by atoms with van der Waals surface area (Å²) in [5, 5.41) is 12.6. The summed E-state index contributed by atoms with van der Waals surface area (Å²) in [4.78, 5) is 14.6. The summed E-state index contributed by atoms with van der Waals surface area (Å²) >= 11 is 0. The summed E-state index contributed by atoms with van der Waals surface area (Å²) in [6.07, 6.45) is 5.90. The van der Waals surface area contributed by atoms with Crippen LogP contribution in [0.25, 0.3) is 0 Å². The van der Waals surface area contributed by atoms with Crippen LogP contribution < -0.4 is 4.90 Å². The van der Waals surface area contributed by atoms with Gasteiger partial charge >= 0.3 is 0 Å². The van der Waals surface area contributed by atoms with Crippen molar-refractivity contribution in [2.75, 3.05) is 11.4 Å². The maximum absolute atomic E-state index is 12.7. The molecular formula is C16H20N2O2. The summed E-state index contributed by atoms with van der Waals surface area (Å²) < 4.78 is 0. The number of carbonyl (C=O) groups is 1. The molecule has 2 aliphatic rings. The van der Waals surface area contributed by atoms with Crippen molar-refractivity contribution >= 4 is 17.3 Å². The van der Waals surface area contributed by atoms with Gasteiger partial charge in [-0.1, -0.05) is 36.2 Å². The lowest BCUT2D eigenvalue weighted by Crippen LogP contribution is -2.36. The molecule has 0 radical (unpaired) electrons. The standard InChI is InChI=1S/C16H20N2O2/c19-16(12-6-1-2-7-12)18-11-5-9-14(17-20)13-8-3-4-10-15(13)18/h3-4,8,10,12,20H,1-2,5-7,9,11H2/b17-14-. The Hall–Kier alpha value is -1.84. The Kier molecular flexibility index (Phi) is 3.72. The highest BCUT2D eigenvalue weighted by Gasteiger charge is 2.30. The minimum Gasteiger partial charge on any atom is -0.411 e.